The van der Waals surface area contributed by atoms with E-state index < -0.39 is 17.3 Å². The van der Waals surface area contributed by atoms with Gasteiger partial charge in [0.15, 0.2) is 4.77 Å². The highest BCUT2D eigenvalue weighted by Crippen LogP contribution is 2.30. The fourth-order valence-corrected chi connectivity index (χ4v) is 3.65. The van der Waals surface area contributed by atoms with Gasteiger partial charge in [-0.05, 0) is 48.6 Å². The number of halogens is 3. The SMILES string of the molecule is O=C(c1ccc2c(=O)n(-c3cccc(C(F)(F)F)c3)c(=S)[nH]c2c1)N1CCOCC1. The molecule has 2 aromatic carbocycles. The molecule has 2 heterocycles. The number of hydrogen-bond acceptors (Lipinski definition) is 4. The Bertz CT molecular complexity index is 1240. The molecule has 0 bridgehead atoms. The Morgan fingerprint density at radius 3 is 2.53 bits per heavy atom. The Labute approximate surface area is 173 Å². The minimum atomic E-state index is -4.55. The summed E-state index contributed by atoms with van der Waals surface area (Å²) >= 11 is 5.23. The van der Waals surface area contributed by atoms with Crippen molar-refractivity contribution in [2.45, 2.75) is 6.18 Å². The number of aromatic amines is 1. The molecule has 1 aliphatic heterocycles. The van der Waals surface area contributed by atoms with Crippen LogP contribution >= 0.6 is 12.2 Å². The number of alkyl halides is 3. The molecule has 4 rings (SSSR count). The molecule has 1 amide bonds. The Balaban J connectivity index is 1.79. The number of nitrogens with zero attached hydrogens (tertiary/aromatic N) is 2. The van der Waals surface area contributed by atoms with Crippen LogP contribution < -0.4 is 5.56 Å². The van der Waals surface area contributed by atoms with E-state index in [1.807, 2.05) is 0 Å². The molecule has 1 aliphatic rings. The number of aromatic nitrogens is 2. The minimum Gasteiger partial charge on any atom is -0.378 e. The van der Waals surface area contributed by atoms with Gasteiger partial charge in [0.05, 0.1) is 35.4 Å². The summed E-state index contributed by atoms with van der Waals surface area (Å²) in [5, 5.41) is 0.208. The molecule has 0 atom stereocenters. The topological polar surface area (TPSA) is 67.3 Å². The number of nitrogens with one attached hydrogen (secondary N) is 1. The molecule has 1 fully saturated rings. The fraction of sp³-hybridized carbons (Fsp3) is 0.250. The van der Waals surface area contributed by atoms with Gasteiger partial charge in [-0.25, -0.2) is 0 Å². The lowest BCUT2D eigenvalue weighted by atomic mass is 10.1. The van der Waals surface area contributed by atoms with Gasteiger partial charge < -0.3 is 14.6 Å². The monoisotopic (exact) mass is 435 g/mol. The number of carbonyl (C=O) groups excluding carboxylic acids is 1. The van der Waals surface area contributed by atoms with Crippen LogP contribution in [0.1, 0.15) is 15.9 Å². The molecule has 1 N–H and O–H groups in total. The molecule has 0 spiro atoms. The van der Waals surface area contributed by atoms with Crippen LogP contribution in [0.15, 0.2) is 47.3 Å². The standard InChI is InChI=1S/C20H16F3N3O3S/c21-20(22,23)13-2-1-3-14(11-13)26-18(28)15-5-4-12(10-16(15)24-19(26)30)17(27)25-6-8-29-9-7-25/h1-5,10-11H,6-9H2,(H,24,30). The van der Waals surface area contributed by atoms with E-state index >= 15 is 0 Å². The molecule has 0 aliphatic carbocycles. The summed E-state index contributed by atoms with van der Waals surface area (Å²) in [5.74, 6) is -0.193. The van der Waals surface area contributed by atoms with Crippen LogP contribution in [0.2, 0.25) is 0 Å². The molecule has 10 heteroatoms. The van der Waals surface area contributed by atoms with Crippen molar-refractivity contribution < 1.29 is 22.7 Å². The first-order valence-corrected chi connectivity index (χ1v) is 9.50. The summed E-state index contributed by atoms with van der Waals surface area (Å²) in [6.45, 7) is 1.88. The lowest BCUT2D eigenvalue weighted by Gasteiger charge is -2.26. The van der Waals surface area contributed by atoms with E-state index in [2.05, 4.69) is 4.98 Å². The van der Waals surface area contributed by atoms with Crippen LogP contribution in [-0.2, 0) is 10.9 Å². The van der Waals surface area contributed by atoms with E-state index in [0.29, 0.717) is 37.4 Å². The van der Waals surface area contributed by atoms with E-state index in [9.17, 15) is 22.8 Å². The maximum absolute atomic E-state index is 13.0. The number of carbonyl (C=O) groups is 1. The fourth-order valence-electron chi connectivity index (χ4n) is 3.36. The minimum absolute atomic E-state index is 0.00597. The average molecular weight is 435 g/mol. The van der Waals surface area contributed by atoms with Crippen LogP contribution in [0, 0.1) is 4.77 Å². The van der Waals surface area contributed by atoms with E-state index in [1.54, 1.807) is 4.90 Å². The normalized spacial score (nSPS) is 14.8. The van der Waals surface area contributed by atoms with Crippen molar-refractivity contribution in [2.75, 3.05) is 26.3 Å². The summed E-state index contributed by atoms with van der Waals surface area (Å²) in [6, 6.07) is 8.91. The average Bonchev–Trinajstić information content (AvgIpc) is 2.73. The van der Waals surface area contributed by atoms with E-state index in [1.165, 1.54) is 30.3 Å². The van der Waals surface area contributed by atoms with Crippen molar-refractivity contribution in [1.82, 2.24) is 14.5 Å². The van der Waals surface area contributed by atoms with Gasteiger partial charge in [0.25, 0.3) is 11.5 Å². The second kappa shape index (κ2) is 7.69. The van der Waals surface area contributed by atoms with Crippen molar-refractivity contribution in [3.05, 3.63) is 68.7 Å². The predicted octanol–water partition coefficient (Wildman–Crippen LogP) is 3.54. The zero-order chi connectivity index (χ0) is 21.5. The van der Waals surface area contributed by atoms with Gasteiger partial charge in [0, 0.05) is 18.7 Å². The number of fused-ring (bicyclic) bond motifs is 1. The van der Waals surface area contributed by atoms with Crippen LogP contribution in [0.5, 0.6) is 0 Å². The molecule has 6 nitrogen and oxygen atoms in total. The van der Waals surface area contributed by atoms with Crippen LogP contribution in [0.25, 0.3) is 16.6 Å². The van der Waals surface area contributed by atoms with Crippen molar-refractivity contribution >= 4 is 29.0 Å². The van der Waals surface area contributed by atoms with E-state index in [0.717, 1.165) is 16.7 Å². The summed E-state index contributed by atoms with van der Waals surface area (Å²) in [7, 11) is 0. The summed E-state index contributed by atoms with van der Waals surface area (Å²) in [5.41, 5.74) is -0.726. The van der Waals surface area contributed by atoms with Crippen LogP contribution in [0.3, 0.4) is 0 Å². The van der Waals surface area contributed by atoms with Crippen molar-refractivity contribution in [3.63, 3.8) is 0 Å². The lowest BCUT2D eigenvalue weighted by Crippen LogP contribution is -2.40. The summed E-state index contributed by atoms with van der Waals surface area (Å²) < 4.78 is 45.3. The van der Waals surface area contributed by atoms with Gasteiger partial charge in [0.2, 0.25) is 0 Å². The Kier molecular flexibility index (Phi) is 5.20. The van der Waals surface area contributed by atoms with Crippen molar-refractivity contribution in [2.24, 2.45) is 0 Å². The van der Waals surface area contributed by atoms with E-state index in [-0.39, 0.29) is 21.8 Å². The second-order valence-electron chi connectivity index (χ2n) is 6.78. The Morgan fingerprint density at radius 1 is 1.10 bits per heavy atom. The first kappa shape index (κ1) is 20.3. The quantitative estimate of drug-likeness (QED) is 0.626. The van der Waals surface area contributed by atoms with E-state index in [4.69, 9.17) is 17.0 Å². The second-order valence-corrected chi connectivity index (χ2v) is 7.17. The van der Waals surface area contributed by atoms with Gasteiger partial charge in [0.1, 0.15) is 0 Å². The van der Waals surface area contributed by atoms with Crippen LogP contribution in [-0.4, -0.2) is 46.7 Å². The molecule has 0 radical (unpaired) electrons. The molecular formula is C20H16F3N3O3S. The van der Waals surface area contributed by atoms with Gasteiger partial charge in [-0.2, -0.15) is 13.2 Å². The maximum Gasteiger partial charge on any atom is 0.416 e. The van der Waals surface area contributed by atoms with Crippen LogP contribution in [0.4, 0.5) is 13.2 Å². The zero-order valence-electron chi connectivity index (χ0n) is 15.5. The number of hydrogen-bond donors (Lipinski definition) is 1. The van der Waals surface area contributed by atoms with Crippen molar-refractivity contribution in [1.29, 1.82) is 0 Å². The largest absolute Gasteiger partial charge is 0.416 e. The first-order valence-electron chi connectivity index (χ1n) is 9.09. The number of benzene rings is 2. The van der Waals surface area contributed by atoms with Gasteiger partial charge in [-0.1, -0.05) is 6.07 Å². The summed E-state index contributed by atoms with van der Waals surface area (Å²) in [6.07, 6.45) is -4.55. The summed E-state index contributed by atoms with van der Waals surface area (Å²) in [4.78, 5) is 30.2. The maximum atomic E-state index is 13.0. The Hall–Kier alpha value is -2.98. The van der Waals surface area contributed by atoms with Gasteiger partial charge in [-0.3, -0.25) is 14.2 Å². The van der Waals surface area contributed by atoms with Gasteiger partial charge in [-0.15, -0.1) is 0 Å². The smallest absolute Gasteiger partial charge is 0.378 e. The van der Waals surface area contributed by atoms with Crippen molar-refractivity contribution in [3.8, 4) is 5.69 Å². The molecule has 0 saturated carbocycles. The predicted molar refractivity (Wildman–Crippen MR) is 106 cm³/mol. The highest BCUT2D eigenvalue weighted by Gasteiger charge is 2.30. The molecular weight excluding hydrogens is 419 g/mol. The molecule has 1 saturated heterocycles. The number of rotatable bonds is 2. The number of morpholine rings is 1. The molecule has 30 heavy (non-hydrogen) atoms. The number of H-pyrrole nitrogens is 1. The molecule has 3 aromatic rings. The first-order chi connectivity index (χ1) is 14.3. The Morgan fingerprint density at radius 2 is 1.83 bits per heavy atom. The third-order valence-corrected chi connectivity index (χ3v) is 5.16. The highest BCUT2D eigenvalue weighted by atomic mass is 32.1. The zero-order valence-corrected chi connectivity index (χ0v) is 16.3. The highest BCUT2D eigenvalue weighted by molar-refractivity contribution is 7.71. The third-order valence-electron chi connectivity index (χ3n) is 4.87. The lowest BCUT2D eigenvalue weighted by molar-refractivity contribution is -0.137. The molecule has 156 valence electrons. The third kappa shape index (κ3) is 3.75. The van der Waals surface area contributed by atoms with Gasteiger partial charge >= 0.3 is 6.18 Å². The molecule has 0 unspecified atom stereocenters. The number of amides is 1. The molecule has 1 aromatic heterocycles. The number of ether oxygens (including phenoxy) is 1.